The van der Waals surface area contributed by atoms with Crippen molar-refractivity contribution >= 4 is 98.7 Å². The fourth-order valence-corrected chi connectivity index (χ4v) is 11.3. The molecule has 8 aromatic rings. The first-order chi connectivity index (χ1) is 38.2. The van der Waals surface area contributed by atoms with E-state index in [-0.39, 0.29) is 113 Å². The van der Waals surface area contributed by atoms with Gasteiger partial charge >= 0.3 is 28.1 Å². The summed E-state index contributed by atoms with van der Waals surface area (Å²) in [5.74, 6) is -1.41. The van der Waals surface area contributed by atoms with E-state index in [1.54, 1.807) is 24.3 Å². The van der Waals surface area contributed by atoms with Crippen LogP contribution in [0.25, 0.3) is 22.5 Å². The molecule has 0 saturated carbocycles. The van der Waals surface area contributed by atoms with Gasteiger partial charge in [-0.15, -0.1) is 10.2 Å². The molecule has 82 heavy (non-hydrogen) atoms. The van der Waals surface area contributed by atoms with E-state index in [1.165, 1.54) is 111 Å². The molecule has 6 heterocycles. The lowest BCUT2D eigenvalue weighted by molar-refractivity contribution is 0.385. The first-order valence-electron chi connectivity index (χ1n) is 23.2. The van der Waals surface area contributed by atoms with Crippen LogP contribution >= 0.6 is 58.9 Å². The van der Waals surface area contributed by atoms with Gasteiger partial charge in [0.2, 0.25) is 0 Å². The molecule has 431 valence electrons. The number of ether oxygens (including phenoxy) is 2. The Hall–Kier alpha value is -6.58. The molecule has 0 spiro atoms. The number of hydrogen-bond donors (Lipinski definition) is 3. The number of anilines is 2. The summed E-state index contributed by atoms with van der Waals surface area (Å²) in [5, 5.41) is 22.8. The SMILES string of the molecule is COc1cc(-c2ccc(F)c(Cl)c2)c(F)cc1-n1c2c(ccc1=O)CN(S(=O)(=O)Nc1cccnn1)CC2.COc1cc(Br)c(F)cc1-n1c2c(ccc1=O)CN(S(=O)(=O)Nc1cccnn1)CC2.O[B]Oc1ccc(F)c(Cl)c1.P.P. The minimum Gasteiger partial charge on any atom is -0.537 e. The molecule has 2 aliphatic heterocycles. The number of nitrogens with zero attached hydrogens (tertiary/aromatic N) is 8. The van der Waals surface area contributed by atoms with Gasteiger partial charge in [0.25, 0.3) is 11.1 Å². The minimum atomic E-state index is -3.96. The topological polar surface area (TPSA) is 242 Å². The molecule has 2 aliphatic rings. The lowest BCUT2D eigenvalue weighted by atomic mass is 10.0. The van der Waals surface area contributed by atoms with Gasteiger partial charge in [-0.1, -0.05) is 41.4 Å². The second kappa shape index (κ2) is 28.1. The average Bonchev–Trinajstić information content (AvgIpc) is 3.64. The van der Waals surface area contributed by atoms with Gasteiger partial charge in [-0.25, -0.2) is 17.6 Å². The molecule has 1 radical (unpaired) electrons. The van der Waals surface area contributed by atoms with Crippen molar-refractivity contribution in [2.24, 2.45) is 0 Å². The molecule has 32 heteroatoms. The van der Waals surface area contributed by atoms with Crippen molar-refractivity contribution in [1.82, 2.24) is 38.1 Å². The molecular formula is C50H47BBrCl2F4N10O10P2S2. The number of rotatable bonds is 13. The second-order valence-corrected chi connectivity index (χ2v) is 21.9. The van der Waals surface area contributed by atoms with Crippen LogP contribution in [0, 0.1) is 23.3 Å². The highest BCUT2D eigenvalue weighted by Gasteiger charge is 2.32. The molecule has 4 aromatic heterocycles. The third-order valence-electron chi connectivity index (χ3n) is 12.0. The van der Waals surface area contributed by atoms with E-state index in [9.17, 15) is 39.6 Å². The highest BCUT2D eigenvalue weighted by atomic mass is 79.9. The zero-order valence-electron chi connectivity index (χ0n) is 42.9. The molecule has 0 saturated heterocycles. The van der Waals surface area contributed by atoms with E-state index in [0.29, 0.717) is 47.3 Å². The maximum Gasteiger partial charge on any atom is 0.569 e. The number of hydrogen-bond acceptors (Lipinski definition) is 14. The lowest BCUT2D eigenvalue weighted by Crippen LogP contribution is -2.41. The summed E-state index contributed by atoms with van der Waals surface area (Å²) in [5.41, 5.74) is 2.35. The Labute approximate surface area is 492 Å². The Kier molecular flexibility index (Phi) is 22.2. The summed E-state index contributed by atoms with van der Waals surface area (Å²) in [4.78, 5) is 25.7. The van der Waals surface area contributed by atoms with Gasteiger partial charge in [-0.3, -0.25) is 28.2 Å². The molecule has 0 aliphatic carbocycles. The molecule has 10 rings (SSSR count). The van der Waals surface area contributed by atoms with Crippen LogP contribution < -0.4 is 34.7 Å². The van der Waals surface area contributed by atoms with Gasteiger partial charge in [0.05, 0.1) is 40.1 Å². The van der Waals surface area contributed by atoms with Gasteiger partial charge in [0, 0.05) is 92.6 Å². The highest BCUT2D eigenvalue weighted by molar-refractivity contribution is 9.10. The van der Waals surface area contributed by atoms with Crippen molar-refractivity contribution in [2.45, 2.75) is 25.9 Å². The molecule has 2 unspecified atom stereocenters. The van der Waals surface area contributed by atoms with E-state index in [4.69, 9.17) is 37.7 Å². The number of aromatic nitrogens is 6. The van der Waals surface area contributed by atoms with E-state index in [1.807, 2.05) is 0 Å². The van der Waals surface area contributed by atoms with Crippen LogP contribution in [-0.4, -0.2) is 95.0 Å². The van der Waals surface area contributed by atoms with Crippen LogP contribution in [-0.2, 0) is 46.3 Å². The van der Waals surface area contributed by atoms with Crippen LogP contribution in [0.5, 0.6) is 17.2 Å². The normalized spacial score (nSPS) is 13.0. The summed E-state index contributed by atoms with van der Waals surface area (Å²) in [6.45, 7) is 0.186. The zero-order valence-corrected chi connectivity index (χ0v) is 50.5. The first kappa shape index (κ1) is 64.6. The number of benzene rings is 4. The monoisotopic (exact) mass is 1310 g/mol. The third-order valence-corrected chi connectivity index (χ3v) is 16.1. The summed E-state index contributed by atoms with van der Waals surface area (Å²) in [6.07, 6.45) is 3.28. The molecule has 20 nitrogen and oxygen atoms in total. The Morgan fingerprint density at radius 2 is 1.10 bits per heavy atom. The van der Waals surface area contributed by atoms with Crippen LogP contribution in [0.15, 0.2) is 136 Å². The predicted molar refractivity (Wildman–Crippen MR) is 315 cm³/mol. The van der Waals surface area contributed by atoms with Gasteiger partial charge in [-0.2, -0.15) is 55.4 Å². The van der Waals surface area contributed by atoms with Crippen molar-refractivity contribution in [3.63, 3.8) is 0 Å². The third kappa shape index (κ3) is 15.0. The van der Waals surface area contributed by atoms with Gasteiger partial charge in [-0.05, 0) is 99.4 Å². The van der Waals surface area contributed by atoms with E-state index in [2.05, 4.69) is 50.4 Å². The molecular weight excluding hydrogens is 1260 g/mol. The number of fused-ring (bicyclic) bond motifs is 2. The Balaban J connectivity index is 0.000000221. The Morgan fingerprint density at radius 1 is 0.622 bits per heavy atom. The van der Waals surface area contributed by atoms with Crippen molar-refractivity contribution in [3.05, 3.63) is 203 Å². The average molecular weight is 1310 g/mol. The molecule has 0 amide bonds. The first-order valence-corrected chi connectivity index (χ1v) is 27.7. The zero-order chi connectivity index (χ0) is 57.5. The summed E-state index contributed by atoms with van der Waals surface area (Å²) in [7, 11) is -4.54. The van der Waals surface area contributed by atoms with Crippen LogP contribution in [0.3, 0.4) is 0 Å². The maximum absolute atomic E-state index is 15.3. The van der Waals surface area contributed by atoms with E-state index in [0.717, 1.165) is 18.2 Å². The number of halogens is 7. The fourth-order valence-electron chi connectivity index (χ4n) is 8.35. The summed E-state index contributed by atoms with van der Waals surface area (Å²) in [6, 6.07) is 24.7. The number of nitrogens with one attached hydrogen (secondary N) is 2. The van der Waals surface area contributed by atoms with E-state index >= 15 is 4.39 Å². The lowest BCUT2D eigenvalue weighted by Gasteiger charge is -2.30. The van der Waals surface area contributed by atoms with Gasteiger partial charge in [0.15, 0.2) is 11.6 Å². The van der Waals surface area contributed by atoms with Crippen LogP contribution in [0.1, 0.15) is 22.5 Å². The fraction of sp³-hybridized carbons (Fsp3) is 0.160. The standard InChI is InChI=1S/C25H20ClF2N5O4S.C19H17BrFN5O4S.C6H4BClFO2.2H3P/c1-37-23-12-17(15-4-6-19(27)18(26)11-15)20(28)13-22(23)33-21-8-10-32(14-16(21)5-7-25(33)34)38(35,36)31-24-3-2-9-29-30-24;1-30-17-9-13(20)14(21)10-16(17)26-15-6-8-25(11-12(15)4-5-19(26)27)31(28,29)24-18-3-2-7-22-23-18;8-5-3-4(11-7-10)1-2-6(5)9;;/h2-7,9,11-13H,8,10,14H2,1H3,(H,30,31);2-5,7,9-10H,6,8,11H2,1H3,(H,23,24);1-3,10H;2*1H3. The number of methoxy groups -OCH3 is 2. The Bertz CT molecular complexity index is 3980. The van der Waals surface area contributed by atoms with Crippen LogP contribution in [0.4, 0.5) is 29.2 Å². The second-order valence-electron chi connectivity index (χ2n) is 16.9. The summed E-state index contributed by atoms with van der Waals surface area (Å²) < 4.78 is 133. The minimum absolute atomic E-state index is 0. The number of pyridine rings is 2. The molecule has 4 aromatic carbocycles. The summed E-state index contributed by atoms with van der Waals surface area (Å²) >= 11 is 14.4. The van der Waals surface area contributed by atoms with Crippen molar-refractivity contribution in [1.29, 1.82) is 0 Å². The van der Waals surface area contributed by atoms with E-state index < -0.39 is 49.2 Å². The smallest absolute Gasteiger partial charge is 0.537 e. The molecule has 0 fully saturated rings. The molecule has 3 N–H and O–H groups in total. The Morgan fingerprint density at radius 3 is 1.55 bits per heavy atom. The van der Waals surface area contributed by atoms with Gasteiger partial charge in [0.1, 0.15) is 40.5 Å². The van der Waals surface area contributed by atoms with Crippen molar-refractivity contribution < 1.29 is 53.5 Å². The predicted octanol–water partition coefficient (Wildman–Crippen LogP) is 7.70. The highest BCUT2D eigenvalue weighted by Crippen LogP contribution is 2.36. The molecule has 0 bridgehead atoms. The maximum atomic E-state index is 15.3. The van der Waals surface area contributed by atoms with Crippen molar-refractivity contribution in [2.75, 3.05) is 36.8 Å². The van der Waals surface area contributed by atoms with Crippen LogP contribution in [0.2, 0.25) is 10.0 Å². The van der Waals surface area contributed by atoms with Crippen molar-refractivity contribution in [3.8, 4) is 39.8 Å². The largest absolute Gasteiger partial charge is 0.569 e. The molecule has 2 atom stereocenters. The van der Waals surface area contributed by atoms with Gasteiger partial charge < -0.3 is 19.2 Å². The quantitative estimate of drug-likeness (QED) is 0.0569.